The topological polar surface area (TPSA) is 42.7 Å². The molecule has 0 amide bonds. The second-order valence-corrected chi connectivity index (χ2v) is 5.20. The first-order chi connectivity index (χ1) is 7.83. The van der Waals surface area contributed by atoms with Crippen LogP contribution in [0.15, 0.2) is 0 Å². The molecule has 16 heavy (non-hydrogen) atoms. The summed E-state index contributed by atoms with van der Waals surface area (Å²) < 4.78 is 1.99. The Hall–Kier alpha value is -0.900. The number of nitrogens with one attached hydrogen (secondary N) is 1. The molecule has 1 atom stereocenters. The van der Waals surface area contributed by atoms with Crippen molar-refractivity contribution in [2.75, 3.05) is 13.1 Å². The molecule has 2 fully saturated rings. The van der Waals surface area contributed by atoms with Crippen LogP contribution in [0.1, 0.15) is 43.3 Å². The average molecular weight is 220 g/mol. The van der Waals surface area contributed by atoms with Gasteiger partial charge in [-0.05, 0) is 44.7 Å². The van der Waals surface area contributed by atoms with Gasteiger partial charge in [0.05, 0.1) is 0 Å². The summed E-state index contributed by atoms with van der Waals surface area (Å²) in [5, 5.41) is 7.99. The smallest absolute Gasteiger partial charge is 0.151 e. The summed E-state index contributed by atoms with van der Waals surface area (Å²) >= 11 is 0. The number of hydrogen-bond acceptors (Lipinski definition) is 3. The molecule has 1 unspecified atom stereocenters. The van der Waals surface area contributed by atoms with Gasteiger partial charge in [-0.3, -0.25) is 4.68 Å². The molecule has 3 rings (SSSR count). The van der Waals surface area contributed by atoms with Crippen LogP contribution in [0.3, 0.4) is 0 Å². The maximum Gasteiger partial charge on any atom is 0.151 e. The summed E-state index contributed by atoms with van der Waals surface area (Å²) in [5.74, 6) is 3.70. The summed E-state index contributed by atoms with van der Waals surface area (Å²) in [4.78, 5) is 4.69. The SMILES string of the molecule is Cn1nc(CC2CCCNC2)nc1C1CC1. The quantitative estimate of drug-likeness (QED) is 0.833. The number of piperidine rings is 1. The fraction of sp³-hybridized carbons (Fsp3) is 0.833. The van der Waals surface area contributed by atoms with Gasteiger partial charge in [-0.1, -0.05) is 0 Å². The van der Waals surface area contributed by atoms with Crippen LogP contribution in [0.2, 0.25) is 0 Å². The first kappa shape index (κ1) is 10.3. The molecule has 0 bridgehead atoms. The van der Waals surface area contributed by atoms with E-state index in [-0.39, 0.29) is 0 Å². The van der Waals surface area contributed by atoms with Crippen molar-refractivity contribution in [1.29, 1.82) is 0 Å². The van der Waals surface area contributed by atoms with Crippen molar-refractivity contribution in [3.63, 3.8) is 0 Å². The Bertz CT molecular complexity index is 361. The van der Waals surface area contributed by atoms with Crippen LogP contribution >= 0.6 is 0 Å². The molecular formula is C12H20N4. The van der Waals surface area contributed by atoms with Crippen LogP contribution in [0, 0.1) is 5.92 Å². The highest BCUT2D eigenvalue weighted by Crippen LogP contribution is 2.38. The number of nitrogens with zero attached hydrogens (tertiary/aromatic N) is 3. The molecule has 0 spiro atoms. The molecule has 1 aromatic rings. The summed E-state index contributed by atoms with van der Waals surface area (Å²) in [7, 11) is 2.03. The van der Waals surface area contributed by atoms with E-state index in [4.69, 9.17) is 0 Å². The Morgan fingerprint density at radius 3 is 2.94 bits per heavy atom. The van der Waals surface area contributed by atoms with Crippen molar-refractivity contribution in [2.45, 2.75) is 38.0 Å². The van der Waals surface area contributed by atoms with Gasteiger partial charge in [-0.2, -0.15) is 5.10 Å². The highest BCUT2D eigenvalue weighted by atomic mass is 15.3. The third-order valence-corrected chi connectivity index (χ3v) is 3.65. The molecule has 4 nitrogen and oxygen atoms in total. The second-order valence-electron chi connectivity index (χ2n) is 5.20. The van der Waals surface area contributed by atoms with Crippen LogP contribution in [-0.2, 0) is 13.5 Å². The molecule has 0 aromatic carbocycles. The standard InChI is InChI=1S/C12H20N4/c1-16-12(10-4-5-10)14-11(15-16)7-9-3-2-6-13-8-9/h9-10,13H,2-8H2,1H3. The molecule has 1 saturated heterocycles. The largest absolute Gasteiger partial charge is 0.316 e. The van der Waals surface area contributed by atoms with Crippen molar-refractivity contribution >= 4 is 0 Å². The molecule has 0 radical (unpaired) electrons. The van der Waals surface area contributed by atoms with Crippen LogP contribution in [0.25, 0.3) is 0 Å². The van der Waals surface area contributed by atoms with Gasteiger partial charge < -0.3 is 5.32 Å². The highest BCUT2D eigenvalue weighted by molar-refractivity contribution is 5.07. The molecule has 1 aliphatic carbocycles. The third kappa shape index (κ3) is 2.12. The lowest BCUT2D eigenvalue weighted by Crippen LogP contribution is -2.31. The molecule has 1 aromatic heterocycles. The number of rotatable bonds is 3. The number of aromatic nitrogens is 3. The average Bonchev–Trinajstić information content (AvgIpc) is 3.06. The van der Waals surface area contributed by atoms with Gasteiger partial charge in [0.15, 0.2) is 5.82 Å². The van der Waals surface area contributed by atoms with Crippen molar-refractivity contribution < 1.29 is 0 Å². The normalized spacial score (nSPS) is 25.9. The zero-order valence-electron chi connectivity index (χ0n) is 9.95. The lowest BCUT2D eigenvalue weighted by atomic mass is 9.96. The Labute approximate surface area is 96.4 Å². The van der Waals surface area contributed by atoms with Crippen molar-refractivity contribution in [2.24, 2.45) is 13.0 Å². The zero-order chi connectivity index (χ0) is 11.0. The van der Waals surface area contributed by atoms with Gasteiger partial charge in [0.2, 0.25) is 0 Å². The minimum absolute atomic E-state index is 0.704. The fourth-order valence-electron chi connectivity index (χ4n) is 2.59. The molecule has 4 heteroatoms. The summed E-state index contributed by atoms with van der Waals surface area (Å²) in [5.41, 5.74) is 0. The highest BCUT2D eigenvalue weighted by Gasteiger charge is 2.29. The minimum Gasteiger partial charge on any atom is -0.316 e. The molecule has 88 valence electrons. The van der Waals surface area contributed by atoms with Crippen molar-refractivity contribution in [1.82, 2.24) is 20.1 Å². The summed E-state index contributed by atoms with van der Waals surface area (Å²) in [6, 6.07) is 0. The lowest BCUT2D eigenvalue weighted by Gasteiger charge is -2.21. The Kier molecular flexibility index (Phi) is 2.67. The van der Waals surface area contributed by atoms with Crippen molar-refractivity contribution in [3.8, 4) is 0 Å². The zero-order valence-corrected chi connectivity index (χ0v) is 9.95. The first-order valence-electron chi connectivity index (χ1n) is 6.43. The number of aryl methyl sites for hydroxylation is 1. The Morgan fingerprint density at radius 2 is 2.25 bits per heavy atom. The first-order valence-corrected chi connectivity index (χ1v) is 6.43. The predicted octanol–water partition coefficient (Wildman–Crippen LogP) is 1.23. The van der Waals surface area contributed by atoms with E-state index in [1.165, 1.54) is 38.1 Å². The second kappa shape index (κ2) is 4.17. The third-order valence-electron chi connectivity index (χ3n) is 3.65. The van der Waals surface area contributed by atoms with E-state index in [9.17, 15) is 0 Å². The number of hydrogen-bond donors (Lipinski definition) is 1. The maximum atomic E-state index is 4.69. The molecule has 1 aliphatic heterocycles. The van der Waals surface area contributed by atoms with Crippen LogP contribution in [0.4, 0.5) is 0 Å². The Balaban J connectivity index is 1.66. The van der Waals surface area contributed by atoms with Crippen LogP contribution < -0.4 is 5.32 Å². The minimum atomic E-state index is 0.704. The van der Waals surface area contributed by atoms with E-state index in [1.54, 1.807) is 0 Å². The van der Waals surface area contributed by atoms with Crippen LogP contribution in [0.5, 0.6) is 0 Å². The molecule has 2 aliphatic rings. The predicted molar refractivity (Wildman–Crippen MR) is 62.3 cm³/mol. The maximum absolute atomic E-state index is 4.69. The van der Waals surface area contributed by atoms with Gasteiger partial charge in [-0.25, -0.2) is 4.98 Å². The van der Waals surface area contributed by atoms with Gasteiger partial charge in [-0.15, -0.1) is 0 Å². The van der Waals surface area contributed by atoms with E-state index in [0.717, 1.165) is 24.7 Å². The van der Waals surface area contributed by atoms with E-state index < -0.39 is 0 Å². The fourth-order valence-corrected chi connectivity index (χ4v) is 2.59. The van der Waals surface area contributed by atoms with Gasteiger partial charge in [0.25, 0.3) is 0 Å². The molecular weight excluding hydrogens is 200 g/mol. The van der Waals surface area contributed by atoms with Crippen molar-refractivity contribution in [3.05, 3.63) is 11.6 Å². The van der Waals surface area contributed by atoms with Gasteiger partial charge >= 0.3 is 0 Å². The van der Waals surface area contributed by atoms with E-state index in [2.05, 4.69) is 15.4 Å². The molecule has 1 saturated carbocycles. The van der Waals surface area contributed by atoms with Gasteiger partial charge in [0, 0.05) is 19.4 Å². The van der Waals surface area contributed by atoms with E-state index in [0.29, 0.717) is 5.92 Å². The molecule has 2 heterocycles. The molecule has 1 N–H and O–H groups in total. The lowest BCUT2D eigenvalue weighted by molar-refractivity contribution is 0.370. The van der Waals surface area contributed by atoms with Crippen LogP contribution in [-0.4, -0.2) is 27.9 Å². The van der Waals surface area contributed by atoms with Gasteiger partial charge in [0.1, 0.15) is 5.82 Å². The summed E-state index contributed by atoms with van der Waals surface area (Å²) in [6.07, 6.45) is 6.28. The monoisotopic (exact) mass is 220 g/mol. The Morgan fingerprint density at radius 1 is 1.38 bits per heavy atom. The summed E-state index contributed by atoms with van der Waals surface area (Å²) in [6.45, 7) is 2.32. The van der Waals surface area contributed by atoms with E-state index >= 15 is 0 Å². The van der Waals surface area contributed by atoms with E-state index in [1.807, 2.05) is 11.7 Å².